The quantitative estimate of drug-likeness (QED) is 0.752. The predicted molar refractivity (Wildman–Crippen MR) is 71.4 cm³/mol. The van der Waals surface area contributed by atoms with Gasteiger partial charge in [0.25, 0.3) is 0 Å². The molecule has 2 aliphatic heterocycles. The third-order valence-corrected chi connectivity index (χ3v) is 3.71. The number of benzene rings is 1. The number of aryl methyl sites for hydroxylation is 1. The highest BCUT2D eigenvalue weighted by molar-refractivity contribution is 6.33. The zero-order valence-electron chi connectivity index (χ0n) is 10.1. The summed E-state index contributed by atoms with van der Waals surface area (Å²) >= 11 is 6.40. The van der Waals surface area contributed by atoms with Crippen molar-refractivity contribution in [3.8, 4) is 0 Å². The van der Waals surface area contributed by atoms with E-state index >= 15 is 0 Å². The van der Waals surface area contributed by atoms with Crippen LogP contribution in [0.1, 0.15) is 5.56 Å². The molecule has 2 fully saturated rings. The van der Waals surface area contributed by atoms with Crippen LogP contribution in [0.2, 0.25) is 5.02 Å². The van der Waals surface area contributed by atoms with Gasteiger partial charge in [-0.3, -0.25) is 0 Å². The second-order valence-corrected chi connectivity index (χ2v) is 5.08. The van der Waals surface area contributed by atoms with Gasteiger partial charge in [-0.2, -0.15) is 0 Å². The van der Waals surface area contributed by atoms with Gasteiger partial charge in [-0.15, -0.1) is 0 Å². The Kier molecular flexibility index (Phi) is 2.89. The van der Waals surface area contributed by atoms with Crippen molar-refractivity contribution in [3.05, 3.63) is 22.7 Å². The molecule has 1 aromatic carbocycles. The van der Waals surface area contributed by atoms with Gasteiger partial charge in [-0.05, 0) is 24.6 Å². The fourth-order valence-electron chi connectivity index (χ4n) is 2.33. The van der Waals surface area contributed by atoms with Crippen molar-refractivity contribution < 1.29 is 4.74 Å². The van der Waals surface area contributed by atoms with Gasteiger partial charge in [0.05, 0.1) is 23.9 Å². The van der Waals surface area contributed by atoms with Crippen molar-refractivity contribution in [1.82, 2.24) is 0 Å². The molecule has 0 unspecified atom stereocenters. The van der Waals surface area contributed by atoms with Crippen LogP contribution in [0.15, 0.2) is 12.1 Å². The molecule has 2 aliphatic rings. The van der Waals surface area contributed by atoms with Crippen molar-refractivity contribution in [1.29, 1.82) is 0 Å². The average molecular weight is 253 g/mol. The molecule has 0 radical (unpaired) electrons. The number of morpholine rings is 1. The lowest BCUT2D eigenvalue weighted by Crippen LogP contribution is -2.36. The lowest BCUT2D eigenvalue weighted by atomic mass is 10.1. The van der Waals surface area contributed by atoms with Crippen molar-refractivity contribution in [2.75, 3.05) is 49.2 Å². The van der Waals surface area contributed by atoms with Crippen LogP contribution in [-0.2, 0) is 4.74 Å². The summed E-state index contributed by atoms with van der Waals surface area (Å²) in [6.07, 6.45) is 0. The normalized spacial score (nSPS) is 19.6. The van der Waals surface area contributed by atoms with E-state index < -0.39 is 0 Å². The van der Waals surface area contributed by atoms with E-state index in [0.717, 1.165) is 50.1 Å². The Hall–Kier alpha value is -0.930. The number of anilines is 2. The van der Waals surface area contributed by atoms with E-state index in [-0.39, 0.29) is 0 Å². The Morgan fingerprint density at radius 1 is 1.00 bits per heavy atom. The lowest BCUT2D eigenvalue weighted by Gasteiger charge is -2.30. The van der Waals surface area contributed by atoms with Gasteiger partial charge in [0.15, 0.2) is 0 Å². The molecule has 2 heterocycles. The summed E-state index contributed by atoms with van der Waals surface area (Å²) in [6.45, 7) is 7.94. The molecule has 0 aliphatic carbocycles. The topological polar surface area (TPSA) is 15.5 Å². The smallest absolute Gasteiger partial charge is 0.0660 e. The first-order chi connectivity index (χ1) is 8.25. The SMILES string of the molecule is Cc1cc(N2CCOCC2)c(Cl)cc1N1CC1. The first-order valence-corrected chi connectivity index (χ1v) is 6.51. The zero-order chi connectivity index (χ0) is 11.8. The van der Waals surface area contributed by atoms with E-state index in [1.165, 1.54) is 11.3 Å². The molecule has 0 atom stereocenters. The monoisotopic (exact) mass is 252 g/mol. The highest BCUT2D eigenvalue weighted by Gasteiger charge is 2.22. The van der Waals surface area contributed by atoms with Crippen LogP contribution >= 0.6 is 11.6 Å². The van der Waals surface area contributed by atoms with Crippen LogP contribution < -0.4 is 9.80 Å². The Morgan fingerprint density at radius 2 is 1.65 bits per heavy atom. The highest BCUT2D eigenvalue weighted by Crippen LogP contribution is 2.35. The second-order valence-electron chi connectivity index (χ2n) is 4.68. The zero-order valence-corrected chi connectivity index (χ0v) is 10.8. The number of ether oxygens (including phenoxy) is 1. The molecule has 0 amide bonds. The molecule has 4 heteroatoms. The molecule has 2 saturated heterocycles. The first kappa shape index (κ1) is 11.2. The van der Waals surface area contributed by atoms with Gasteiger partial charge < -0.3 is 14.5 Å². The molecule has 3 rings (SSSR count). The van der Waals surface area contributed by atoms with Gasteiger partial charge in [-0.25, -0.2) is 0 Å². The van der Waals surface area contributed by atoms with Gasteiger partial charge >= 0.3 is 0 Å². The molecular weight excluding hydrogens is 236 g/mol. The van der Waals surface area contributed by atoms with Gasteiger partial charge in [0.1, 0.15) is 0 Å². The summed E-state index contributed by atoms with van der Waals surface area (Å²) in [4.78, 5) is 4.65. The maximum Gasteiger partial charge on any atom is 0.0660 e. The molecule has 0 bridgehead atoms. The van der Waals surface area contributed by atoms with Crippen molar-refractivity contribution in [3.63, 3.8) is 0 Å². The minimum atomic E-state index is 0.795. The minimum absolute atomic E-state index is 0.795. The molecule has 0 spiro atoms. The molecule has 3 nitrogen and oxygen atoms in total. The van der Waals surface area contributed by atoms with Crippen molar-refractivity contribution in [2.24, 2.45) is 0 Å². The number of nitrogens with zero attached hydrogens (tertiary/aromatic N) is 2. The van der Waals surface area contributed by atoms with Crippen molar-refractivity contribution >= 4 is 23.0 Å². The minimum Gasteiger partial charge on any atom is -0.378 e. The van der Waals surface area contributed by atoms with Gasteiger partial charge in [-0.1, -0.05) is 11.6 Å². The highest BCUT2D eigenvalue weighted by atomic mass is 35.5. The van der Waals surface area contributed by atoms with Crippen LogP contribution in [-0.4, -0.2) is 39.4 Å². The number of rotatable bonds is 2. The van der Waals surface area contributed by atoms with Crippen LogP contribution in [0.25, 0.3) is 0 Å². The second kappa shape index (κ2) is 4.39. The molecule has 1 aromatic rings. The molecule has 0 aromatic heterocycles. The first-order valence-electron chi connectivity index (χ1n) is 6.13. The summed E-state index contributed by atoms with van der Waals surface area (Å²) in [5.41, 5.74) is 3.75. The molecule has 92 valence electrons. The van der Waals surface area contributed by atoms with Crippen LogP contribution in [0, 0.1) is 6.92 Å². The maximum atomic E-state index is 6.40. The summed E-state index contributed by atoms with van der Waals surface area (Å²) < 4.78 is 5.37. The van der Waals surface area contributed by atoms with Gasteiger partial charge in [0.2, 0.25) is 0 Å². The third-order valence-electron chi connectivity index (χ3n) is 3.41. The maximum absolute atomic E-state index is 6.40. The Balaban J connectivity index is 1.90. The largest absolute Gasteiger partial charge is 0.378 e. The summed E-state index contributed by atoms with van der Waals surface area (Å²) in [7, 11) is 0. The van der Waals surface area contributed by atoms with E-state index in [4.69, 9.17) is 16.3 Å². The van der Waals surface area contributed by atoms with E-state index in [9.17, 15) is 0 Å². The molecule has 17 heavy (non-hydrogen) atoms. The summed E-state index contributed by atoms with van der Waals surface area (Å²) in [5.74, 6) is 0. The molecule has 0 saturated carbocycles. The van der Waals surface area contributed by atoms with Crippen LogP contribution in [0.5, 0.6) is 0 Å². The van der Waals surface area contributed by atoms with Crippen molar-refractivity contribution in [2.45, 2.75) is 6.92 Å². The standard InChI is InChI=1S/C13H17ClN2O/c1-10-8-13(16-4-6-17-7-5-16)11(14)9-12(10)15-2-3-15/h8-9H,2-7H2,1H3. The summed E-state index contributed by atoms with van der Waals surface area (Å²) in [5, 5.41) is 0.861. The molecule has 0 N–H and O–H groups in total. The van der Waals surface area contributed by atoms with E-state index in [1.807, 2.05) is 0 Å². The Labute approximate surface area is 107 Å². The fourth-order valence-corrected chi connectivity index (χ4v) is 2.61. The van der Waals surface area contributed by atoms with E-state index in [1.54, 1.807) is 0 Å². The van der Waals surface area contributed by atoms with Gasteiger partial charge in [0, 0.05) is 31.9 Å². The number of halogens is 1. The van der Waals surface area contributed by atoms with Crippen LogP contribution in [0.4, 0.5) is 11.4 Å². The number of hydrogen-bond acceptors (Lipinski definition) is 3. The average Bonchev–Trinajstić information content (AvgIpc) is 3.17. The Morgan fingerprint density at radius 3 is 2.29 bits per heavy atom. The lowest BCUT2D eigenvalue weighted by molar-refractivity contribution is 0.122. The number of hydrogen-bond donors (Lipinski definition) is 0. The van der Waals surface area contributed by atoms with Crippen LogP contribution in [0.3, 0.4) is 0 Å². The van der Waals surface area contributed by atoms with E-state index in [0.29, 0.717) is 0 Å². The predicted octanol–water partition coefficient (Wildman–Crippen LogP) is 2.31. The molecular formula is C13H17ClN2O. The third kappa shape index (κ3) is 2.22. The fraction of sp³-hybridized carbons (Fsp3) is 0.538. The summed E-state index contributed by atoms with van der Waals surface area (Å²) in [6, 6.07) is 4.32. The Bertz CT molecular complexity index is 426. The van der Waals surface area contributed by atoms with E-state index in [2.05, 4.69) is 28.9 Å².